The highest BCUT2D eigenvalue weighted by Gasteiger charge is 2.35. The summed E-state index contributed by atoms with van der Waals surface area (Å²) in [6.45, 7) is 18.6. The van der Waals surface area contributed by atoms with Crippen LogP contribution in [0.2, 0.25) is 0 Å². The lowest BCUT2D eigenvalue weighted by Gasteiger charge is -2.34. The van der Waals surface area contributed by atoms with Gasteiger partial charge in [-0.1, -0.05) is 60.6 Å². The molecule has 1 unspecified atom stereocenters. The van der Waals surface area contributed by atoms with Gasteiger partial charge in [0.05, 0.1) is 12.0 Å². The van der Waals surface area contributed by atoms with Gasteiger partial charge in [-0.05, 0) is 42.9 Å². The Morgan fingerprint density at radius 1 is 0.920 bits per heavy atom. The minimum Gasteiger partial charge on any atom is -0.462 e. The molecular formula is C21H40O4. The molecule has 1 atom stereocenters. The molecule has 0 rings (SSSR count). The van der Waals surface area contributed by atoms with Gasteiger partial charge in [0.1, 0.15) is 12.7 Å². The van der Waals surface area contributed by atoms with Crippen molar-refractivity contribution in [2.24, 2.45) is 21.7 Å². The molecule has 0 aromatic rings. The Hall–Kier alpha value is -0.870. The maximum atomic E-state index is 12.3. The smallest absolute Gasteiger partial charge is 0.311 e. The van der Waals surface area contributed by atoms with Crippen molar-refractivity contribution in [1.29, 1.82) is 0 Å². The Labute approximate surface area is 154 Å². The van der Waals surface area contributed by atoms with Crippen LogP contribution in [0.1, 0.15) is 75.2 Å². The third-order valence-corrected chi connectivity index (χ3v) is 4.04. The first-order valence-corrected chi connectivity index (χ1v) is 9.16. The van der Waals surface area contributed by atoms with Gasteiger partial charge in [-0.3, -0.25) is 4.79 Å². The Morgan fingerprint density at radius 3 is 1.76 bits per heavy atom. The molecule has 148 valence electrons. The molecule has 0 amide bonds. The molecule has 0 aromatic carbocycles. The summed E-state index contributed by atoms with van der Waals surface area (Å²) < 4.78 is 5.14. The Kier molecular flexibility index (Phi) is 8.38. The van der Waals surface area contributed by atoms with Crippen LogP contribution in [0.15, 0.2) is 12.2 Å². The lowest BCUT2D eigenvalue weighted by atomic mass is 9.72. The van der Waals surface area contributed by atoms with E-state index in [1.54, 1.807) is 0 Å². The molecule has 0 aliphatic carbocycles. The molecule has 0 aliphatic heterocycles. The van der Waals surface area contributed by atoms with Gasteiger partial charge in [-0.25, -0.2) is 0 Å². The number of esters is 1. The van der Waals surface area contributed by atoms with Crippen molar-refractivity contribution in [2.75, 3.05) is 13.2 Å². The largest absolute Gasteiger partial charge is 0.462 e. The summed E-state index contributed by atoms with van der Waals surface area (Å²) in [5.74, 6) is -0.351. The normalized spacial score (nSPS) is 15.5. The summed E-state index contributed by atoms with van der Waals surface area (Å²) in [6.07, 6.45) is 5.16. The zero-order valence-corrected chi connectivity index (χ0v) is 17.8. The molecule has 0 aliphatic rings. The van der Waals surface area contributed by atoms with E-state index >= 15 is 0 Å². The zero-order valence-electron chi connectivity index (χ0n) is 17.8. The molecule has 4 nitrogen and oxygen atoms in total. The Balaban J connectivity index is 4.92. The predicted molar refractivity (Wildman–Crippen MR) is 103 cm³/mol. The van der Waals surface area contributed by atoms with Gasteiger partial charge in [0.2, 0.25) is 0 Å². The SMILES string of the molecule is CC(C)(C)CC(C)(C)C=CC(C)(C)CC(C)(C)C(=O)OCC(O)CO. The van der Waals surface area contributed by atoms with Gasteiger partial charge < -0.3 is 14.9 Å². The lowest BCUT2D eigenvalue weighted by molar-refractivity contribution is -0.159. The van der Waals surface area contributed by atoms with E-state index in [1.165, 1.54) is 0 Å². The molecular weight excluding hydrogens is 316 g/mol. The molecule has 25 heavy (non-hydrogen) atoms. The fourth-order valence-electron chi connectivity index (χ4n) is 3.57. The fraction of sp³-hybridized carbons (Fsp3) is 0.857. The molecule has 0 spiro atoms. The second-order valence-electron chi connectivity index (χ2n) is 10.5. The van der Waals surface area contributed by atoms with E-state index in [1.807, 2.05) is 13.8 Å². The summed E-state index contributed by atoms with van der Waals surface area (Å²) in [6, 6.07) is 0. The average Bonchev–Trinajstić information content (AvgIpc) is 2.38. The fourth-order valence-corrected chi connectivity index (χ4v) is 3.57. The summed E-state index contributed by atoms with van der Waals surface area (Å²) in [7, 11) is 0. The van der Waals surface area contributed by atoms with Crippen LogP contribution in [0.3, 0.4) is 0 Å². The van der Waals surface area contributed by atoms with Crippen molar-refractivity contribution < 1.29 is 19.7 Å². The topological polar surface area (TPSA) is 66.8 Å². The van der Waals surface area contributed by atoms with Crippen molar-refractivity contribution in [3.8, 4) is 0 Å². The number of hydrogen-bond acceptors (Lipinski definition) is 4. The second kappa shape index (κ2) is 8.68. The molecule has 0 aromatic heterocycles. The Morgan fingerprint density at radius 2 is 1.36 bits per heavy atom. The average molecular weight is 357 g/mol. The summed E-state index contributed by atoms with van der Waals surface area (Å²) in [5, 5.41) is 18.1. The van der Waals surface area contributed by atoms with Crippen molar-refractivity contribution in [2.45, 2.75) is 81.3 Å². The molecule has 0 saturated carbocycles. The van der Waals surface area contributed by atoms with Crippen LogP contribution in [0, 0.1) is 21.7 Å². The maximum absolute atomic E-state index is 12.3. The summed E-state index contributed by atoms with van der Waals surface area (Å²) in [5.41, 5.74) is -0.482. The standard InChI is InChI=1S/C21H40O4/c1-18(2,3)14-19(4,5)10-11-20(6,7)15-21(8,9)17(24)25-13-16(23)12-22/h10-11,16,22-23H,12-15H2,1-9H3. The monoisotopic (exact) mass is 356 g/mol. The number of allylic oxidation sites excluding steroid dienone is 2. The molecule has 4 heteroatoms. The van der Waals surface area contributed by atoms with Gasteiger partial charge >= 0.3 is 5.97 Å². The van der Waals surface area contributed by atoms with E-state index in [2.05, 4.69) is 60.6 Å². The molecule has 0 radical (unpaired) electrons. The summed E-state index contributed by atoms with van der Waals surface area (Å²) >= 11 is 0. The van der Waals surface area contributed by atoms with Crippen molar-refractivity contribution in [3.63, 3.8) is 0 Å². The van der Waals surface area contributed by atoms with Crippen molar-refractivity contribution >= 4 is 5.97 Å². The van der Waals surface area contributed by atoms with Gasteiger partial charge in [-0.15, -0.1) is 0 Å². The minimum atomic E-state index is -1.02. The van der Waals surface area contributed by atoms with Crippen molar-refractivity contribution in [3.05, 3.63) is 12.2 Å². The van der Waals surface area contributed by atoms with Gasteiger partial charge in [-0.2, -0.15) is 0 Å². The first-order chi connectivity index (χ1) is 11.0. The molecule has 0 bridgehead atoms. The van der Waals surface area contributed by atoms with Crippen molar-refractivity contribution in [1.82, 2.24) is 0 Å². The van der Waals surface area contributed by atoms with Crippen LogP contribution in [-0.4, -0.2) is 35.5 Å². The van der Waals surface area contributed by atoms with Crippen LogP contribution in [0.25, 0.3) is 0 Å². The maximum Gasteiger partial charge on any atom is 0.311 e. The third kappa shape index (κ3) is 10.7. The number of aliphatic hydroxyl groups excluding tert-OH is 2. The van der Waals surface area contributed by atoms with Crippen LogP contribution in [-0.2, 0) is 9.53 Å². The third-order valence-electron chi connectivity index (χ3n) is 4.04. The first-order valence-electron chi connectivity index (χ1n) is 9.16. The van der Waals surface area contributed by atoms with Gasteiger partial charge in [0.15, 0.2) is 0 Å². The van der Waals surface area contributed by atoms with E-state index in [0.717, 1.165) is 6.42 Å². The van der Waals surface area contributed by atoms with E-state index in [4.69, 9.17) is 9.84 Å². The molecule has 0 heterocycles. The minimum absolute atomic E-state index is 0.0887. The van der Waals surface area contributed by atoms with E-state index in [-0.39, 0.29) is 28.8 Å². The highest BCUT2D eigenvalue weighted by molar-refractivity contribution is 5.76. The number of carbonyl (C=O) groups is 1. The van der Waals surface area contributed by atoms with E-state index < -0.39 is 18.1 Å². The number of carbonyl (C=O) groups excluding carboxylic acids is 1. The highest BCUT2D eigenvalue weighted by Crippen LogP contribution is 2.39. The van der Waals surface area contributed by atoms with Crippen LogP contribution in [0.5, 0.6) is 0 Å². The van der Waals surface area contributed by atoms with E-state index in [9.17, 15) is 9.90 Å². The number of ether oxygens (including phenoxy) is 1. The van der Waals surface area contributed by atoms with E-state index in [0.29, 0.717) is 6.42 Å². The zero-order chi connectivity index (χ0) is 20.1. The predicted octanol–water partition coefficient (Wildman–Crippen LogP) is 4.34. The highest BCUT2D eigenvalue weighted by atomic mass is 16.5. The second-order valence-corrected chi connectivity index (χ2v) is 10.5. The molecule has 0 saturated heterocycles. The molecule has 0 fully saturated rings. The Bertz CT molecular complexity index is 453. The first kappa shape index (κ1) is 24.1. The number of hydrogen-bond donors (Lipinski definition) is 2. The molecule has 2 N–H and O–H groups in total. The van der Waals surface area contributed by atoms with Crippen LogP contribution >= 0.6 is 0 Å². The number of rotatable bonds is 9. The van der Waals surface area contributed by atoms with Crippen LogP contribution < -0.4 is 0 Å². The lowest BCUT2D eigenvalue weighted by Crippen LogP contribution is -2.34. The van der Waals surface area contributed by atoms with Crippen LogP contribution in [0.4, 0.5) is 0 Å². The van der Waals surface area contributed by atoms with Gasteiger partial charge in [0.25, 0.3) is 0 Å². The summed E-state index contributed by atoms with van der Waals surface area (Å²) in [4.78, 5) is 12.3. The van der Waals surface area contributed by atoms with Gasteiger partial charge in [0, 0.05) is 0 Å². The quantitative estimate of drug-likeness (QED) is 0.476. The number of aliphatic hydroxyl groups is 2.